The highest BCUT2D eigenvalue weighted by Gasteiger charge is 2.14. The average molecular weight is 249 g/mol. The van der Waals surface area contributed by atoms with Crippen LogP contribution in [-0.2, 0) is 6.61 Å². The number of carbonyl (C=O) groups is 1. The first kappa shape index (κ1) is 11.5. The summed E-state index contributed by atoms with van der Waals surface area (Å²) in [6.07, 6.45) is 0. The third kappa shape index (κ3) is 2.57. The molecule has 0 radical (unpaired) electrons. The topological polar surface area (TPSA) is 72.5 Å². The molecule has 4 nitrogen and oxygen atoms in total. The summed E-state index contributed by atoms with van der Waals surface area (Å²) in [6, 6.07) is 6.75. The first-order chi connectivity index (χ1) is 8.18. The van der Waals surface area contributed by atoms with E-state index in [4.69, 9.17) is 15.6 Å². The van der Waals surface area contributed by atoms with Crippen LogP contribution in [0.2, 0.25) is 0 Å². The Morgan fingerprint density at radius 3 is 2.88 bits per heavy atom. The number of nitrogen functional groups attached to an aromatic ring is 1. The van der Waals surface area contributed by atoms with Gasteiger partial charge in [-0.25, -0.2) is 4.79 Å². The average Bonchev–Trinajstić information content (AvgIpc) is 2.78. The van der Waals surface area contributed by atoms with Gasteiger partial charge in [-0.2, -0.15) is 11.3 Å². The van der Waals surface area contributed by atoms with Crippen LogP contribution in [0.1, 0.15) is 15.9 Å². The Hall–Kier alpha value is -2.01. The summed E-state index contributed by atoms with van der Waals surface area (Å²) in [7, 11) is 0. The summed E-state index contributed by atoms with van der Waals surface area (Å²) in [5, 5.41) is 12.9. The molecule has 2 rings (SSSR count). The molecule has 88 valence electrons. The first-order valence-electron chi connectivity index (χ1n) is 4.94. The molecule has 0 fully saturated rings. The van der Waals surface area contributed by atoms with E-state index in [1.165, 1.54) is 0 Å². The lowest BCUT2D eigenvalue weighted by molar-refractivity contribution is 0.0693. The van der Waals surface area contributed by atoms with Gasteiger partial charge in [0.15, 0.2) is 0 Å². The Labute approximate surface area is 102 Å². The van der Waals surface area contributed by atoms with Crippen molar-refractivity contribution in [2.24, 2.45) is 0 Å². The minimum atomic E-state index is -1.08. The molecule has 1 aromatic carbocycles. The molecule has 0 aliphatic rings. The van der Waals surface area contributed by atoms with Crippen LogP contribution in [0.3, 0.4) is 0 Å². The van der Waals surface area contributed by atoms with E-state index in [9.17, 15) is 4.79 Å². The molecular weight excluding hydrogens is 238 g/mol. The number of anilines is 1. The molecule has 0 bridgehead atoms. The van der Waals surface area contributed by atoms with Crippen molar-refractivity contribution in [2.45, 2.75) is 6.61 Å². The highest BCUT2D eigenvalue weighted by Crippen LogP contribution is 2.25. The lowest BCUT2D eigenvalue weighted by atomic mass is 10.1. The molecule has 0 aliphatic carbocycles. The SMILES string of the molecule is Nc1cccc(OCc2ccsc2)c1C(=O)O. The van der Waals surface area contributed by atoms with E-state index in [0.717, 1.165) is 5.56 Å². The molecule has 1 aromatic heterocycles. The number of carboxylic acids is 1. The molecule has 5 heteroatoms. The normalized spacial score (nSPS) is 10.1. The van der Waals surface area contributed by atoms with Crippen molar-refractivity contribution in [3.8, 4) is 5.75 Å². The fourth-order valence-corrected chi connectivity index (χ4v) is 2.09. The molecule has 0 saturated carbocycles. The third-order valence-corrected chi connectivity index (χ3v) is 2.98. The Kier molecular flexibility index (Phi) is 3.30. The second kappa shape index (κ2) is 4.88. The molecule has 0 amide bonds. The zero-order valence-electron chi connectivity index (χ0n) is 8.92. The van der Waals surface area contributed by atoms with Gasteiger partial charge < -0.3 is 15.6 Å². The number of hydrogen-bond donors (Lipinski definition) is 2. The number of carboxylic acid groups (broad SMARTS) is 1. The number of rotatable bonds is 4. The molecule has 1 heterocycles. The molecule has 0 aliphatic heterocycles. The van der Waals surface area contributed by atoms with Crippen LogP contribution in [-0.4, -0.2) is 11.1 Å². The van der Waals surface area contributed by atoms with E-state index in [2.05, 4.69) is 0 Å². The zero-order chi connectivity index (χ0) is 12.3. The van der Waals surface area contributed by atoms with Gasteiger partial charge in [0.05, 0.1) is 0 Å². The van der Waals surface area contributed by atoms with Gasteiger partial charge in [0.2, 0.25) is 0 Å². The van der Waals surface area contributed by atoms with Gasteiger partial charge in [-0.05, 0) is 34.5 Å². The fraction of sp³-hybridized carbons (Fsp3) is 0.0833. The second-order valence-corrected chi connectivity index (χ2v) is 4.23. The summed E-state index contributed by atoms with van der Waals surface area (Å²) in [5.41, 5.74) is 6.85. The van der Waals surface area contributed by atoms with Crippen molar-refractivity contribution < 1.29 is 14.6 Å². The first-order valence-corrected chi connectivity index (χ1v) is 5.88. The van der Waals surface area contributed by atoms with Gasteiger partial charge in [0, 0.05) is 5.69 Å². The van der Waals surface area contributed by atoms with E-state index in [1.807, 2.05) is 16.8 Å². The zero-order valence-corrected chi connectivity index (χ0v) is 9.74. The maximum atomic E-state index is 11.0. The van der Waals surface area contributed by atoms with Crippen molar-refractivity contribution in [1.82, 2.24) is 0 Å². The van der Waals surface area contributed by atoms with Crippen molar-refractivity contribution in [3.05, 3.63) is 46.2 Å². The van der Waals surface area contributed by atoms with Gasteiger partial charge in [0.1, 0.15) is 17.9 Å². The molecule has 2 aromatic rings. The summed E-state index contributed by atoms with van der Waals surface area (Å²) < 4.78 is 5.47. The van der Waals surface area contributed by atoms with E-state index >= 15 is 0 Å². The van der Waals surface area contributed by atoms with Crippen LogP contribution >= 0.6 is 11.3 Å². The van der Waals surface area contributed by atoms with Crippen LogP contribution in [0.5, 0.6) is 5.75 Å². The number of hydrogen-bond acceptors (Lipinski definition) is 4. The van der Waals surface area contributed by atoms with Gasteiger partial charge >= 0.3 is 5.97 Å². The summed E-state index contributed by atoms with van der Waals surface area (Å²) in [6.45, 7) is 0.341. The van der Waals surface area contributed by atoms with Crippen molar-refractivity contribution >= 4 is 23.0 Å². The largest absolute Gasteiger partial charge is 0.488 e. The summed E-state index contributed by atoms with van der Waals surface area (Å²) in [4.78, 5) is 11.0. The predicted molar refractivity (Wildman–Crippen MR) is 66.5 cm³/mol. The van der Waals surface area contributed by atoms with Crippen LogP contribution < -0.4 is 10.5 Å². The third-order valence-electron chi connectivity index (χ3n) is 2.25. The monoisotopic (exact) mass is 249 g/mol. The van der Waals surface area contributed by atoms with Crippen molar-refractivity contribution in [2.75, 3.05) is 5.73 Å². The Balaban J connectivity index is 2.21. The number of nitrogens with two attached hydrogens (primary N) is 1. The lowest BCUT2D eigenvalue weighted by Gasteiger charge is -2.09. The van der Waals surface area contributed by atoms with E-state index < -0.39 is 5.97 Å². The molecule has 17 heavy (non-hydrogen) atoms. The van der Waals surface area contributed by atoms with Gasteiger partial charge in [-0.15, -0.1) is 0 Å². The highest BCUT2D eigenvalue weighted by atomic mass is 32.1. The Bertz CT molecular complexity index is 523. The number of thiophene rings is 1. The minimum absolute atomic E-state index is 0.0164. The van der Waals surface area contributed by atoms with Crippen molar-refractivity contribution in [3.63, 3.8) is 0 Å². The van der Waals surface area contributed by atoms with E-state index in [1.54, 1.807) is 29.5 Å². The number of benzene rings is 1. The van der Waals surface area contributed by atoms with Gasteiger partial charge in [-0.3, -0.25) is 0 Å². The summed E-state index contributed by atoms with van der Waals surface area (Å²) >= 11 is 1.57. The van der Waals surface area contributed by atoms with Crippen LogP contribution in [0.25, 0.3) is 0 Å². The molecule has 0 spiro atoms. The molecule has 0 atom stereocenters. The summed E-state index contributed by atoms with van der Waals surface area (Å²) in [5.74, 6) is -0.785. The minimum Gasteiger partial charge on any atom is -0.488 e. The van der Waals surface area contributed by atoms with Crippen LogP contribution in [0.4, 0.5) is 5.69 Å². The van der Waals surface area contributed by atoms with Crippen molar-refractivity contribution in [1.29, 1.82) is 0 Å². The quantitative estimate of drug-likeness (QED) is 0.817. The van der Waals surface area contributed by atoms with Crippen LogP contribution in [0.15, 0.2) is 35.0 Å². The van der Waals surface area contributed by atoms with Gasteiger partial charge in [0.25, 0.3) is 0 Å². The van der Waals surface area contributed by atoms with Crippen LogP contribution in [0, 0.1) is 0 Å². The molecule has 0 unspecified atom stereocenters. The predicted octanol–water partition coefficient (Wildman–Crippen LogP) is 2.61. The molecule has 0 saturated heterocycles. The lowest BCUT2D eigenvalue weighted by Crippen LogP contribution is -2.06. The standard InChI is InChI=1S/C12H11NO3S/c13-9-2-1-3-10(11(9)12(14)15)16-6-8-4-5-17-7-8/h1-5,7H,6,13H2,(H,14,15). The number of aromatic carboxylic acids is 1. The second-order valence-electron chi connectivity index (χ2n) is 3.45. The number of ether oxygens (including phenoxy) is 1. The highest BCUT2D eigenvalue weighted by molar-refractivity contribution is 7.07. The smallest absolute Gasteiger partial charge is 0.341 e. The maximum Gasteiger partial charge on any atom is 0.341 e. The molecular formula is C12H11NO3S. The Morgan fingerprint density at radius 1 is 1.41 bits per heavy atom. The van der Waals surface area contributed by atoms with Gasteiger partial charge in [-0.1, -0.05) is 6.07 Å². The Morgan fingerprint density at radius 2 is 2.24 bits per heavy atom. The maximum absolute atomic E-state index is 11.0. The molecule has 3 N–H and O–H groups in total. The fourth-order valence-electron chi connectivity index (χ4n) is 1.43. The van der Waals surface area contributed by atoms with E-state index in [-0.39, 0.29) is 11.3 Å². The van der Waals surface area contributed by atoms with E-state index in [0.29, 0.717) is 12.4 Å².